The van der Waals surface area contributed by atoms with Crippen molar-refractivity contribution in [1.29, 1.82) is 0 Å². The number of rotatable bonds is 3. The lowest BCUT2D eigenvalue weighted by atomic mass is 10.00. The second kappa shape index (κ2) is 5.31. The Kier molecular flexibility index (Phi) is 3.49. The predicted octanol–water partition coefficient (Wildman–Crippen LogP) is 1.65. The molecule has 0 saturated carbocycles. The van der Waals surface area contributed by atoms with Crippen molar-refractivity contribution in [3.05, 3.63) is 34.9 Å². The molecule has 0 radical (unpaired) electrons. The Bertz CT molecular complexity index is 630. The molecule has 0 bridgehead atoms. The first-order chi connectivity index (χ1) is 10.1. The van der Waals surface area contributed by atoms with Crippen LogP contribution >= 0.6 is 0 Å². The first kappa shape index (κ1) is 13.8. The minimum atomic E-state index is -0.530. The van der Waals surface area contributed by atoms with Gasteiger partial charge in [-0.15, -0.1) is 0 Å². The van der Waals surface area contributed by atoms with Gasteiger partial charge in [0.2, 0.25) is 11.8 Å². The maximum atomic E-state index is 12.5. The normalized spacial score (nSPS) is 21.5. The summed E-state index contributed by atoms with van der Waals surface area (Å²) in [5.74, 6) is -0.714. The third-order valence-electron chi connectivity index (χ3n) is 4.20. The van der Waals surface area contributed by atoms with Gasteiger partial charge in [-0.1, -0.05) is 25.5 Å². The Morgan fingerprint density at radius 2 is 2.14 bits per heavy atom. The molecule has 1 aromatic carbocycles. The molecule has 0 spiro atoms. The molecule has 1 fully saturated rings. The number of nitrogens with zero attached hydrogens (tertiary/aromatic N) is 1. The highest BCUT2D eigenvalue weighted by atomic mass is 16.2. The van der Waals surface area contributed by atoms with Crippen molar-refractivity contribution in [2.24, 2.45) is 0 Å². The Balaban J connectivity index is 0.00000176. The van der Waals surface area contributed by atoms with E-state index in [4.69, 9.17) is 0 Å². The van der Waals surface area contributed by atoms with Crippen LogP contribution in [0.4, 0.5) is 0 Å². The molecule has 1 atom stereocenters. The van der Waals surface area contributed by atoms with Gasteiger partial charge in [-0.3, -0.25) is 19.7 Å². The van der Waals surface area contributed by atoms with Crippen LogP contribution in [0, 0.1) is 0 Å². The quantitative estimate of drug-likeness (QED) is 0.860. The van der Waals surface area contributed by atoms with Crippen molar-refractivity contribution in [1.82, 2.24) is 10.2 Å². The summed E-state index contributed by atoms with van der Waals surface area (Å²) in [5.41, 5.74) is 2.91. The molecular weight excluding hydrogens is 268 g/mol. The van der Waals surface area contributed by atoms with Gasteiger partial charge in [0.25, 0.3) is 5.91 Å². The highest BCUT2D eigenvalue weighted by Gasteiger charge is 2.39. The molecule has 5 nitrogen and oxygen atoms in total. The van der Waals surface area contributed by atoms with Gasteiger partial charge in [-0.25, -0.2) is 0 Å². The molecular formula is C16H20N2O3. The van der Waals surface area contributed by atoms with Crippen molar-refractivity contribution in [3.8, 4) is 0 Å². The first-order valence-corrected chi connectivity index (χ1v) is 7.37. The van der Waals surface area contributed by atoms with E-state index < -0.39 is 6.04 Å². The molecule has 2 heterocycles. The Hall–Kier alpha value is -2.17. The SMILES string of the molecule is CCCc1cccc2c1CN(C1CCC(=O)NC1=O)C2=O.[HH]. The second-order valence-corrected chi connectivity index (χ2v) is 5.59. The van der Waals surface area contributed by atoms with Crippen molar-refractivity contribution < 1.29 is 15.8 Å². The van der Waals surface area contributed by atoms with E-state index >= 15 is 0 Å². The number of aryl methyl sites for hydroxylation is 1. The van der Waals surface area contributed by atoms with Crippen LogP contribution in [0.5, 0.6) is 0 Å². The molecule has 2 aliphatic heterocycles. The zero-order valence-electron chi connectivity index (χ0n) is 12.0. The second-order valence-electron chi connectivity index (χ2n) is 5.59. The van der Waals surface area contributed by atoms with Crippen LogP contribution in [0.3, 0.4) is 0 Å². The van der Waals surface area contributed by atoms with Crippen molar-refractivity contribution >= 4 is 17.7 Å². The van der Waals surface area contributed by atoms with Crippen LogP contribution in [-0.2, 0) is 22.6 Å². The zero-order chi connectivity index (χ0) is 15.0. The molecule has 0 aromatic heterocycles. The van der Waals surface area contributed by atoms with E-state index in [-0.39, 0.29) is 19.1 Å². The fourth-order valence-corrected chi connectivity index (χ4v) is 3.15. The summed E-state index contributed by atoms with van der Waals surface area (Å²) in [6.45, 7) is 2.57. The number of piperidine rings is 1. The lowest BCUT2D eigenvalue weighted by Crippen LogP contribution is -2.52. The maximum absolute atomic E-state index is 12.5. The molecule has 3 rings (SSSR count). The lowest BCUT2D eigenvalue weighted by molar-refractivity contribution is -0.136. The summed E-state index contributed by atoms with van der Waals surface area (Å²) in [4.78, 5) is 37.4. The van der Waals surface area contributed by atoms with E-state index in [1.807, 2.05) is 18.2 Å². The van der Waals surface area contributed by atoms with E-state index in [0.29, 0.717) is 24.9 Å². The molecule has 112 valence electrons. The van der Waals surface area contributed by atoms with Gasteiger partial charge in [0.05, 0.1) is 0 Å². The largest absolute Gasteiger partial charge is 0.322 e. The van der Waals surface area contributed by atoms with Gasteiger partial charge >= 0.3 is 0 Å². The number of carbonyl (C=O) groups is 3. The van der Waals surface area contributed by atoms with Gasteiger partial charge in [0, 0.05) is 20.0 Å². The van der Waals surface area contributed by atoms with E-state index in [0.717, 1.165) is 18.4 Å². The molecule has 2 aliphatic rings. The van der Waals surface area contributed by atoms with E-state index in [9.17, 15) is 14.4 Å². The van der Waals surface area contributed by atoms with Crippen LogP contribution in [0.1, 0.15) is 49.1 Å². The van der Waals surface area contributed by atoms with Crippen LogP contribution in [0.25, 0.3) is 0 Å². The van der Waals surface area contributed by atoms with E-state index in [1.165, 1.54) is 5.56 Å². The number of hydrogen-bond acceptors (Lipinski definition) is 3. The van der Waals surface area contributed by atoms with Gasteiger partial charge < -0.3 is 4.90 Å². The molecule has 0 aliphatic carbocycles. The summed E-state index contributed by atoms with van der Waals surface area (Å²) in [7, 11) is 0. The fourth-order valence-electron chi connectivity index (χ4n) is 3.15. The number of nitrogens with one attached hydrogen (secondary N) is 1. The van der Waals surface area contributed by atoms with Gasteiger partial charge in [0.1, 0.15) is 6.04 Å². The predicted molar refractivity (Wildman–Crippen MR) is 78.6 cm³/mol. The minimum Gasteiger partial charge on any atom is -0.322 e. The third-order valence-corrected chi connectivity index (χ3v) is 4.20. The minimum absolute atomic E-state index is 0. The zero-order valence-corrected chi connectivity index (χ0v) is 12.0. The third kappa shape index (κ3) is 2.33. The molecule has 1 aromatic rings. The maximum Gasteiger partial charge on any atom is 0.255 e. The van der Waals surface area contributed by atoms with Crippen LogP contribution < -0.4 is 5.32 Å². The highest BCUT2D eigenvalue weighted by molar-refractivity contribution is 6.05. The molecule has 1 N–H and O–H groups in total. The summed E-state index contributed by atoms with van der Waals surface area (Å²) in [6.07, 6.45) is 2.65. The van der Waals surface area contributed by atoms with Crippen LogP contribution in [0.2, 0.25) is 0 Å². The standard InChI is InChI=1S/C16H18N2O3.H2/c1-2-4-10-5-3-6-11-12(10)9-18(16(11)21)13-7-8-14(19)17-15(13)20;/h3,5-6,13H,2,4,7-9H2,1H3,(H,17,19,20);1H. The number of amides is 3. The van der Waals surface area contributed by atoms with Crippen molar-refractivity contribution in [2.45, 2.75) is 45.2 Å². The molecule has 5 heteroatoms. The Morgan fingerprint density at radius 3 is 2.86 bits per heavy atom. The number of hydrogen-bond donors (Lipinski definition) is 1. The smallest absolute Gasteiger partial charge is 0.255 e. The average Bonchev–Trinajstić information content (AvgIpc) is 2.78. The monoisotopic (exact) mass is 288 g/mol. The molecule has 3 amide bonds. The summed E-state index contributed by atoms with van der Waals surface area (Å²) in [5, 5.41) is 2.32. The molecule has 1 unspecified atom stereocenters. The summed E-state index contributed by atoms with van der Waals surface area (Å²) >= 11 is 0. The summed E-state index contributed by atoms with van der Waals surface area (Å²) < 4.78 is 0. The summed E-state index contributed by atoms with van der Waals surface area (Å²) in [6, 6.07) is 5.24. The number of imide groups is 1. The number of benzene rings is 1. The van der Waals surface area contributed by atoms with Crippen LogP contribution in [0.15, 0.2) is 18.2 Å². The molecule has 21 heavy (non-hydrogen) atoms. The fraction of sp³-hybridized carbons (Fsp3) is 0.438. The van der Waals surface area contributed by atoms with Gasteiger partial charge in [-0.2, -0.15) is 0 Å². The van der Waals surface area contributed by atoms with E-state index in [1.54, 1.807) is 4.90 Å². The Labute approximate surface area is 124 Å². The van der Waals surface area contributed by atoms with E-state index in [2.05, 4.69) is 12.2 Å². The average molecular weight is 288 g/mol. The van der Waals surface area contributed by atoms with Crippen LogP contribution in [-0.4, -0.2) is 28.7 Å². The van der Waals surface area contributed by atoms with Gasteiger partial charge in [-0.05, 0) is 30.0 Å². The lowest BCUT2D eigenvalue weighted by Gasteiger charge is -2.29. The van der Waals surface area contributed by atoms with Gasteiger partial charge in [0.15, 0.2) is 0 Å². The van der Waals surface area contributed by atoms with Crippen molar-refractivity contribution in [2.75, 3.05) is 0 Å². The first-order valence-electron chi connectivity index (χ1n) is 7.37. The topological polar surface area (TPSA) is 66.5 Å². The number of carbonyl (C=O) groups excluding carboxylic acids is 3. The molecule has 1 saturated heterocycles. The van der Waals surface area contributed by atoms with Crippen molar-refractivity contribution in [3.63, 3.8) is 0 Å². The Morgan fingerprint density at radius 1 is 1.33 bits per heavy atom. The number of fused-ring (bicyclic) bond motifs is 1. The highest BCUT2D eigenvalue weighted by Crippen LogP contribution is 2.30.